The number of rotatable bonds is 2. The van der Waals surface area contributed by atoms with E-state index in [4.69, 9.17) is 0 Å². The van der Waals surface area contributed by atoms with Crippen molar-refractivity contribution in [3.63, 3.8) is 0 Å². The maximum Gasteiger partial charge on any atom is 0.320 e. The Morgan fingerprint density at radius 1 is 1.43 bits per heavy atom. The molecule has 1 unspecified atom stereocenters. The molecule has 80 valence electrons. The highest BCUT2D eigenvalue weighted by Crippen LogP contribution is 2.31. The number of hydrogen-bond donors (Lipinski definition) is 1. The molecule has 4 nitrogen and oxygen atoms in total. The molecule has 2 fully saturated rings. The number of carbonyl (C=O) groups excluding carboxylic acids is 1. The molecule has 0 aromatic rings. The van der Waals surface area contributed by atoms with Crippen LogP contribution in [0.5, 0.6) is 0 Å². The zero-order valence-corrected chi connectivity index (χ0v) is 9.05. The quantitative estimate of drug-likeness (QED) is 0.699. The van der Waals surface area contributed by atoms with Crippen molar-refractivity contribution < 1.29 is 4.79 Å². The fourth-order valence-electron chi connectivity index (χ4n) is 2.70. The van der Waals surface area contributed by atoms with Crippen LogP contribution < -0.4 is 5.32 Å². The van der Waals surface area contributed by atoms with Crippen molar-refractivity contribution in [1.29, 1.82) is 0 Å². The van der Waals surface area contributed by atoms with E-state index in [0.29, 0.717) is 0 Å². The lowest BCUT2D eigenvalue weighted by Crippen LogP contribution is -2.48. The Balaban J connectivity index is 2.21. The predicted octanol–water partition coefficient (Wildman–Crippen LogP) is 0.496. The first-order chi connectivity index (χ1) is 6.73. The van der Waals surface area contributed by atoms with Crippen molar-refractivity contribution in [2.45, 2.75) is 25.8 Å². The molecule has 0 radical (unpaired) electrons. The van der Waals surface area contributed by atoms with E-state index < -0.39 is 0 Å². The van der Waals surface area contributed by atoms with Crippen LogP contribution in [-0.2, 0) is 0 Å². The van der Waals surface area contributed by atoms with Gasteiger partial charge in [0, 0.05) is 26.2 Å². The molecule has 0 saturated carbocycles. The molecule has 2 saturated heterocycles. The molecule has 2 rings (SSSR count). The normalized spacial score (nSPS) is 32.3. The summed E-state index contributed by atoms with van der Waals surface area (Å²) in [7, 11) is 0. The summed E-state index contributed by atoms with van der Waals surface area (Å²) in [6.45, 7) is 8.69. The van der Waals surface area contributed by atoms with Gasteiger partial charge in [0.05, 0.1) is 5.54 Å². The molecule has 0 bridgehead atoms. The average Bonchev–Trinajstić information content (AvgIpc) is 2.74. The maximum absolute atomic E-state index is 12.0. The van der Waals surface area contributed by atoms with Crippen LogP contribution in [0.1, 0.15) is 20.3 Å². The van der Waals surface area contributed by atoms with Gasteiger partial charge < -0.3 is 15.1 Å². The molecule has 14 heavy (non-hydrogen) atoms. The molecule has 0 aromatic carbocycles. The van der Waals surface area contributed by atoms with Crippen LogP contribution in [0.15, 0.2) is 0 Å². The second-order valence-corrected chi connectivity index (χ2v) is 4.19. The van der Waals surface area contributed by atoms with Gasteiger partial charge in [0.25, 0.3) is 0 Å². The van der Waals surface area contributed by atoms with Gasteiger partial charge in [-0.05, 0) is 26.8 Å². The molecule has 0 aromatic heterocycles. The SMILES string of the molecule is CCN1CC2(CCNC2)N(CC)C1=O. The van der Waals surface area contributed by atoms with Crippen LogP contribution in [-0.4, -0.2) is 54.1 Å². The number of amides is 2. The standard InChI is InChI=1S/C10H19N3O/c1-3-12-8-10(5-6-11-7-10)13(4-2)9(12)14/h11H,3-8H2,1-2H3. The van der Waals surface area contributed by atoms with E-state index in [1.165, 1.54) is 0 Å². The molecule has 2 aliphatic rings. The lowest BCUT2D eigenvalue weighted by atomic mass is 9.98. The Labute approximate surface area is 85.2 Å². The number of carbonyl (C=O) groups is 1. The first-order valence-corrected chi connectivity index (χ1v) is 5.51. The minimum Gasteiger partial charge on any atom is -0.323 e. The van der Waals surface area contributed by atoms with Gasteiger partial charge in [-0.15, -0.1) is 0 Å². The van der Waals surface area contributed by atoms with Crippen molar-refractivity contribution >= 4 is 6.03 Å². The van der Waals surface area contributed by atoms with Gasteiger partial charge in [-0.1, -0.05) is 0 Å². The van der Waals surface area contributed by atoms with Gasteiger partial charge >= 0.3 is 6.03 Å². The summed E-state index contributed by atoms with van der Waals surface area (Å²) in [6, 6.07) is 0.221. The van der Waals surface area contributed by atoms with Crippen LogP contribution in [0.4, 0.5) is 4.79 Å². The fraction of sp³-hybridized carbons (Fsp3) is 0.900. The average molecular weight is 197 g/mol. The second-order valence-electron chi connectivity index (χ2n) is 4.19. The van der Waals surface area contributed by atoms with E-state index in [9.17, 15) is 4.79 Å². The van der Waals surface area contributed by atoms with E-state index in [2.05, 4.69) is 12.2 Å². The highest BCUT2D eigenvalue weighted by Gasteiger charge is 2.49. The van der Waals surface area contributed by atoms with Gasteiger partial charge in [-0.3, -0.25) is 0 Å². The number of nitrogens with zero attached hydrogens (tertiary/aromatic N) is 2. The molecule has 2 amide bonds. The second kappa shape index (κ2) is 3.42. The third kappa shape index (κ3) is 1.21. The smallest absolute Gasteiger partial charge is 0.320 e. The zero-order chi connectivity index (χ0) is 10.2. The summed E-state index contributed by atoms with van der Waals surface area (Å²) in [6.07, 6.45) is 1.10. The largest absolute Gasteiger partial charge is 0.323 e. The summed E-state index contributed by atoms with van der Waals surface area (Å²) in [4.78, 5) is 15.9. The van der Waals surface area contributed by atoms with Gasteiger partial charge in [-0.2, -0.15) is 0 Å². The summed E-state index contributed by atoms with van der Waals surface area (Å²) in [5.41, 5.74) is 0.0991. The van der Waals surface area contributed by atoms with E-state index >= 15 is 0 Å². The lowest BCUT2D eigenvalue weighted by Gasteiger charge is -2.31. The number of nitrogens with one attached hydrogen (secondary N) is 1. The molecule has 1 atom stereocenters. The minimum atomic E-state index is 0.0991. The highest BCUT2D eigenvalue weighted by atomic mass is 16.2. The first kappa shape index (κ1) is 9.77. The van der Waals surface area contributed by atoms with Gasteiger partial charge in [-0.25, -0.2) is 4.79 Å². The summed E-state index contributed by atoms with van der Waals surface area (Å²) >= 11 is 0. The number of hydrogen-bond acceptors (Lipinski definition) is 2. The summed E-state index contributed by atoms with van der Waals surface area (Å²) in [5.74, 6) is 0. The Kier molecular flexibility index (Phi) is 2.39. The van der Waals surface area contributed by atoms with Crippen molar-refractivity contribution in [3.8, 4) is 0 Å². The molecule has 1 spiro atoms. The van der Waals surface area contributed by atoms with Crippen LogP contribution in [0.2, 0.25) is 0 Å². The Morgan fingerprint density at radius 2 is 2.21 bits per heavy atom. The van der Waals surface area contributed by atoms with Crippen LogP contribution in [0.3, 0.4) is 0 Å². The van der Waals surface area contributed by atoms with Gasteiger partial charge in [0.15, 0.2) is 0 Å². The molecule has 2 heterocycles. The van der Waals surface area contributed by atoms with Crippen LogP contribution in [0, 0.1) is 0 Å². The van der Waals surface area contributed by atoms with E-state index in [1.807, 2.05) is 16.7 Å². The van der Waals surface area contributed by atoms with E-state index in [0.717, 1.165) is 39.1 Å². The maximum atomic E-state index is 12.0. The highest BCUT2D eigenvalue weighted by molar-refractivity contribution is 5.78. The van der Waals surface area contributed by atoms with Crippen molar-refractivity contribution in [2.24, 2.45) is 0 Å². The molecule has 0 aliphatic carbocycles. The first-order valence-electron chi connectivity index (χ1n) is 5.51. The molecule has 2 aliphatic heterocycles. The predicted molar refractivity (Wildman–Crippen MR) is 55.2 cm³/mol. The molecular formula is C10H19N3O. The minimum absolute atomic E-state index is 0.0991. The number of urea groups is 1. The molecule has 4 heteroatoms. The van der Waals surface area contributed by atoms with Crippen LogP contribution >= 0.6 is 0 Å². The van der Waals surface area contributed by atoms with Gasteiger partial charge in [0.2, 0.25) is 0 Å². The monoisotopic (exact) mass is 197 g/mol. The summed E-state index contributed by atoms with van der Waals surface area (Å²) in [5, 5.41) is 3.36. The van der Waals surface area contributed by atoms with Crippen LogP contribution in [0.25, 0.3) is 0 Å². The zero-order valence-electron chi connectivity index (χ0n) is 9.05. The molecular weight excluding hydrogens is 178 g/mol. The third-order valence-electron chi connectivity index (χ3n) is 3.48. The van der Waals surface area contributed by atoms with Crippen molar-refractivity contribution in [3.05, 3.63) is 0 Å². The Hall–Kier alpha value is -0.770. The van der Waals surface area contributed by atoms with Crippen molar-refractivity contribution in [2.75, 3.05) is 32.7 Å². The topological polar surface area (TPSA) is 35.6 Å². The van der Waals surface area contributed by atoms with E-state index in [-0.39, 0.29) is 11.6 Å². The van der Waals surface area contributed by atoms with E-state index in [1.54, 1.807) is 0 Å². The third-order valence-corrected chi connectivity index (χ3v) is 3.48. The van der Waals surface area contributed by atoms with Crippen molar-refractivity contribution in [1.82, 2.24) is 15.1 Å². The number of likely N-dealkylation sites (N-methyl/N-ethyl adjacent to an activating group) is 2. The lowest BCUT2D eigenvalue weighted by molar-refractivity contribution is 0.169. The van der Waals surface area contributed by atoms with Gasteiger partial charge in [0.1, 0.15) is 0 Å². The Bertz CT molecular complexity index is 236. The fourth-order valence-corrected chi connectivity index (χ4v) is 2.70. The summed E-state index contributed by atoms with van der Waals surface area (Å²) < 4.78 is 0. The Morgan fingerprint density at radius 3 is 2.71 bits per heavy atom. The molecule has 1 N–H and O–H groups in total.